The molecule has 140 valence electrons. The van der Waals surface area contributed by atoms with Gasteiger partial charge in [0.15, 0.2) is 0 Å². The van der Waals surface area contributed by atoms with Crippen molar-refractivity contribution < 1.29 is 9.59 Å². The van der Waals surface area contributed by atoms with Crippen LogP contribution in [0, 0.1) is 5.92 Å². The predicted molar refractivity (Wildman–Crippen MR) is 107 cm³/mol. The Morgan fingerprint density at radius 3 is 2.41 bits per heavy atom. The van der Waals surface area contributed by atoms with E-state index in [0.717, 1.165) is 16.8 Å². The van der Waals surface area contributed by atoms with Gasteiger partial charge in [0.25, 0.3) is 5.91 Å². The number of benzodiazepines with no additional fused rings is 1. The van der Waals surface area contributed by atoms with Crippen molar-refractivity contribution in [3.05, 3.63) is 65.7 Å². The fourth-order valence-corrected chi connectivity index (χ4v) is 2.98. The Kier molecular flexibility index (Phi) is 5.37. The molecule has 2 aromatic carbocycles. The number of likely N-dealkylation sites (N-methyl/N-ethyl adjacent to an activating group) is 1. The van der Waals surface area contributed by atoms with Crippen LogP contribution < -0.4 is 16.0 Å². The third kappa shape index (κ3) is 3.75. The maximum absolute atomic E-state index is 13.0. The minimum atomic E-state index is -1.03. The summed E-state index contributed by atoms with van der Waals surface area (Å²) in [5.74, 6) is -0.741. The van der Waals surface area contributed by atoms with Crippen LogP contribution in [0.5, 0.6) is 0 Å². The molecule has 2 atom stereocenters. The number of nitrogens with zero attached hydrogens (tertiary/aromatic N) is 2. The fraction of sp³-hybridized carbons (Fsp3) is 0.286. The highest BCUT2D eigenvalue weighted by Gasteiger charge is 2.32. The number of nitrogens with one attached hydrogen (secondary N) is 1. The summed E-state index contributed by atoms with van der Waals surface area (Å²) in [6, 6.07) is 16.5. The Morgan fingerprint density at radius 1 is 1.11 bits per heavy atom. The van der Waals surface area contributed by atoms with Crippen LogP contribution in [0.15, 0.2) is 59.6 Å². The van der Waals surface area contributed by atoms with Crippen LogP contribution in [-0.4, -0.2) is 36.8 Å². The van der Waals surface area contributed by atoms with Gasteiger partial charge in [0.1, 0.15) is 0 Å². The van der Waals surface area contributed by atoms with Crippen LogP contribution in [0.25, 0.3) is 0 Å². The second-order valence-corrected chi connectivity index (χ2v) is 6.94. The first-order chi connectivity index (χ1) is 12.9. The summed E-state index contributed by atoms with van der Waals surface area (Å²) < 4.78 is 0. The second kappa shape index (κ2) is 7.72. The summed E-state index contributed by atoms with van der Waals surface area (Å²) in [5.41, 5.74) is 9.06. The molecule has 0 radical (unpaired) electrons. The van der Waals surface area contributed by atoms with Gasteiger partial charge in [-0.1, -0.05) is 62.4 Å². The Labute approximate surface area is 159 Å². The first kappa shape index (κ1) is 18.8. The van der Waals surface area contributed by atoms with Crippen molar-refractivity contribution in [2.45, 2.75) is 26.1 Å². The van der Waals surface area contributed by atoms with Crippen molar-refractivity contribution in [2.24, 2.45) is 16.6 Å². The highest BCUT2D eigenvalue weighted by molar-refractivity contribution is 6.20. The zero-order valence-corrected chi connectivity index (χ0v) is 15.7. The highest BCUT2D eigenvalue weighted by atomic mass is 16.2. The zero-order valence-electron chi connectivity index (χ0n) is 15.7. The molecule has 0 aliphatic carbocycles. The van der Waals surface area contributed by atoms with Crippen LogP contribution in [0.2, 0.25) is 0 Å². The normalized spacial score (nSPS) is 17.8. The summed E-state index contributed by atoms with van der Waals surface area (Å²) in [6.45, 7) is 3.72. The van der Waals surface area contributed by atoms with Crippen molar-refractivity contribution in [3.8, 4) is 0 Å². The average molecular weight is 364 g/mol. The topological polar surface area (TPSA) is 87.8 Å². The zero-order chi connectivity index (χ0) is 19.6. The molecule has 2 amide bonds. The van der Waals surface area contributed by atoms with E-state index in [0.29, 0.717) is 5.71 Å². The summed E-state index contributed by atoms with van der Waals surface area (Å²) in [5, 5.41) is 2.71. The van der Waals surface area contributed by atoms with Gasteiger partial charge in [-0.05, 0) is 12.0 Å². The minimum Gasteiger partial charge on any atom is -0.325 e. The lowest BCUT2D eigenvalue weighted by Crippen LogP contribution is -2.52. The van der Waals surface area contributed by atoms with Crippen molar-refractivity contribution in [2.75, 3.05) is 11.9 Å². The van der Waals surface area contributed by atoms with Crippen molar-refractivity contribution in [3.63, 3.8) is 0 Å². The maximum atomic E-state index is 13.0. The van der Waals surface area contributed by atoms with Gasteiger partial charge in [0, 0.05) is 18.2 Å². The Balaban J connectivity index is 2.08. The number of amides is 2. The van der Waals surface area contributed by atoms with E-state index in [4.69, 9.17) is 5.73 Å². The quantitative estimate of drug-likeness (QED) is 0.869. The third-order valence-corrected chi connectivity index (χ3v) is 4.69. The molecule has 0 bridgehead atoms. The molecule has 3 N–H and O–H groups in total. The molecule has 1 heterocycles. The number of hydrogen-bond donors (Lipinski definition) is 2. The van der Waals surface area contributed by atoms with E-state index < -0.39 is 12.2 Å². The lowest BCUT2D eigenvalue weighted by molar-refractivity contribution is -0.128. The summed E-state index contributed by atoms with van der Waals surface area (Å²) >= 11 is 0. The summed E-state index contributed by atoms with van der Waals surface area (Å²) in [4.78, 5) is 31.6. The fourth-order valence-electron chi connectivity index (χ4n) is 2.98. The number of para-hydroxylation sites is 1. The number of benzene rings is 2. The van der Waals surface area contributed by atoms with Gasteiger partial charge < -0.3 is 16.0 Å². The Bertz CT molecular complexity index is 877. The number of rotatable bonds is 4. The van der Waals surface area contributed by atoms with Gasteiger partial charge in [0.05, 0.1) is 17.4 Å². The smallest absolute Gasteiger partial charge is 0.272 e. The van der Waals surface area contributed by atoms with Crippen LogP contribution in [-0.2, 0) is 9.59 Å². The number of aliphatic imine (C=N–C) groups is 1. The molecular formula is C21H24N4O2. The van der Waals surface area contributed by atoms with E-state index in [-0.39, 0.29) is 17.7 Å². The summed E-state index contributed by atoms with van der Waals surface area (Å²) in [7, 11) is 1.69. The number of carbonyl (C=O) groups excluding carboxylic acids is 2. The molecule has 27 heavy (non-hydrogen) atoms. The SMILES string of the molecule is CC(C)[C@H](N)C(=O)N[C@H]1N=C(c2ccccc2)c2ccccc2N(C)C1=O. The van der Waals surface area contributed by atoms with Gasteiger partial charge in [-0.15, -0.1) is 0 Å². The van der Waals surface area contributed by atoms with E-state index in [1.807, 2.05) is 68.4 Å². The molecule has 6 nitrogen and oxygen atoms in total. The lowest BCUT2D eigenvalue weighted by Gasteiger charge is -2.22. The predicted octanol–water partition coefficient (Wildman–Crippen LogP) is 1.93. The second-order valence-electron chi connectivity index (χ2n) is 6.94. The first-order valence-electron chi connectivity index (χ1n) is 8.96. The van der Waals surface area contributed by atoms with Crippen LogP contribution in [0.4, 0.5) is 5.69 Å². The number of carbonyl (C=O) groups is 2. The number of nitrogens with two attached hydrogens (primary N) is 1. The lowest BCUT2D eigenvalue weighted by atomic mass is 10.0. The van der Waals surface area contributed by atoms with Crippen LogP contribution >= 0.6 is 0 Å². The summed E-state index contributed by atoms with van der Waals surface area (Å²) in [6.07, 6.45) is -1.03. The number of anilines is 1. The van der Waals surface area contributed by atoms with Gasteiger partial charge >= 0.3 is 0 Å². The number of fused-ring (bicyclic) bond motifs is 1. The average Bonchev–Trinajstić information content (AvgIpc) is 2.78. The molecule has 6 heteroatoms. The first-order valence-corrected chi connectivity index (χ1v) is 8.96. The third-order valence-electron chi connectivity index (χ3n) is 4.69. The van der Waals surface area contributed by atoms with Gasteiger partial charge in [0.2, 0.25) is 12.1 Å². The van der Waals surface area contributed by atoms with Gasteiger partial charge in [-0.3, -0.25) is 9.59 Å². The van der Waals surface area contributed by atoms with Crippen molar-refractivity contribution >= 4 is 23.2 Å². The molecule has 0 saturated carbocycles. The van der Waals surface area contributed by atoms with Gasteiger partial charge in [-0.2, -0.15) is 0 Å². The molecule has 1 aliphatic heterocycles. The Morgan fingerprint density at radius 2 is 1.74 bits per heavy atom. The highest BCUT2D eigenvalue weighted by Crippen LogP contribution is 2.27. The van der Waals surface area contributed by atoms with Crippen molar-refractivity contribution in [1.29, 1.82) is 0 Å². The van der Waals surface area contributed by atoms with E-state index in [2.05, 4.69) is 10.3 Å². The molecule has 0 fully saturated rings. The molecule has 0 saturated heterocycles. The van der Waals surface area contributed by atoms with Crippen LogP contribution in [0.1, 0.15) is 25.0 Å². The molecule has 3 rings (SSSR count). The van der Waals surface area contributed by atoms with Gasteiger partial charge in [-0.25, -0.2) is 4.99 Å². The van der Waals surface area contributed by atoms with Crippen molar-refractivity contribution in [1.82, 2.24) is 5.32 Å². The standard InChI is InChI=1S/C21H24N4O2/c1-13(2)17(22)20(26)24-19-21(27)25(3)16-12-8-7-11-15(16)18(23-19)14-9-5-4-6-10-14/h4-13,17,19H,22H2,1-3H3,(H,24,26)/t17-,19+/m0/s1. The van der Waals surface area contributed by atoms with E-state index in [1.54, 1.807) is 7.05 Å². The van der Waals surface area contributed by atoms with E-state index in [9.17, 15) is 9.59 Å². The van der Waals surface area contributed by atoms with Crippen LogP contribution in [0.3, 0.4) is 0 Å². The molecule has 2 aromatic rings. The number of hydrogen-bond acceptors (Lipinski definition) is 4. The molecule has 1 aliphatic rings. The molecule has 0 aromatic heterocycles. The van der Waals surface area contributed by atoms with E-state index >= 15 is 0 Å². The minimum absolute atomic E-state index is 0.0432. The molecule has 0 unspecified atom stereocenters. The Hall–Kier alpha value is -2.99. The maximum Gasteiger partial charge on any atom is 0.272 e. The molecule has 0 spiro atoms. The monoisotopic (exact) mass is 364 g/mol. The largest absolute Gasteiger partial charge is 0.325 e. The van der Waals surface area contributed by atoms with E-state index in [1.165, 1.54) is 4.90 Å². The molecular weight excluding hydrogens is 340 g/mol.